The van der Waals surface area contributed by atoms with E-state index in [-0.39, 0.29) is 11.0 Å². The summed E-state index contributed by atoms with van der Waals surface area (Å²) in [7, 11) is 1.88. The van der Waals surface area contributed by atoms with Crippen LogP contribution in [0.3, 0.4) is 0 Å². The average Bonchev–Trinajstić information content (AvgIpc) is 2.84. The number of carbonyl (C=O) groups is 1. The third kappa shape index (κ3) is 3.99. The van der Waals surface area contributed by atoms with Crippen LogP contribution in [-0.4, -0.2) is 23.8 Å². The Morgan fingerprint density at radius 3 is 2.95 bits per heavy atom. The van der Waals surface area contributed by atoms with E-state index in [2.05, 4.69) is 31.0 Å². The normalized spacial score (nSPS) is 17.9. The number of hydrogen-bond donors (Lipinski definition) is 1. The molecule has 118 valence electrons. The van der Waals surface area contributed by atoms with Crippen LogP contribution in [0.4, 0.5) is 0 Å². The highest BCUT2D eigenvalue weighted by Crippen LogP contribution is 2.40. The van der Waals surface area contributed by atoms with Crippen molar-refractivity contribution in [1.29, 1.82) is 0 Å². The Labute approximate surface area is 141 Å². The topological polar surface area (TPSA) is 29.1 Å². The molecule has 0 fully saturated rings. The molecule has 1 aliphatic heterocycles. The fourth-order valence-corrected chi connectivity index (χ4v) is 4.62. The Morgan fingerprint density at radius 2 is 2.27 bits per heavy atom. The zero-order chi connectivity index (χ0) is 15.9. The molecule has 0 aromatic heterocycles. The molecule has 1 aromatic rings. The molecular weight excluding hydrogens is 310 g/mol. The minimum Gasteiger partial charge on any atom is -0.382 e. The average molecular weight is 334 g/mol. The Kier molecular flexibility index (Phi) is 6.65. The van der Waals surface area contributed by atoms with Gasteiger partial charge in [0.25, 0.3) is 0 Å². The zero-order valence-electron chi connectivity index (χ0n) is 13.2. The maximum atomic E-state index is 12.7. The third-order valence-electron chi connectivity index (χ3n) is 3.52. The van der Waals surface area contributed by atoms with E-state index < -0.39 is 0 Å². The van der Waals surface area contributed by atoms with Gasteiger partial charge in [0.15, 0.2) is 5.78 Å². The van der Waals surface area contributed by atoms with Gasteiger partial charge in [-0.2, -0.15) is 0 Å². The lowest BCUT2D eigenvalue weighted by Crippen LogP contribution is -2.12. The van der Waals surface area contributed by atoms with Crippen LogP contribution in [0.2, 0.25) is 0 Å². The lowest BCUT2D eigenvalue weighted by Gasteiger charge is -2.08. The first-order valence-electron chi connectivity index (χ1n) is 7.68. The van der Waals surface area contributed by atoms with Crippen molar-refractivity contribution >= 4 is 34.9 Å². The van der Waals surface area contributed by atoms with Crippen molar-refractivity contribution in [2.75, 3.05) is 12.8 Å². The Morgan fingerprint density at radius 1 is 1.45 bits per heavy atom. The molecule has 1 heterocycles. The first-order chi connectivity index (χ1) is 10.7. The van der Waals surface area contributed by atoms with Gasteiger partial charge in [-0.15, -0.1) is 18.3 Å². The summed E-state index contributed by atoms with van der Waals surface area (Å²) in [6.45, 7) is 5.96. The van der Waals surface area contributed by atoms with Crippen molar-refractivity contribution in [1.82, 2.24) is 5.32 Å². The van der Waals surface area contributed by atoms with Gasteiger partial charge in [0.1, 0.15) is 0 Å². The van der Waals surface area contributed by atoms with Gasteiger partial charge in [0.2, 0.25) is 0 Å². The molecule has 2 rings (SSSR count). The van der Waals surface area contributed by atoms with Crippen LogP contribution in [0.5, 0.6) is 0 Å². The summed E-state index contributed by atoms with van der Waals surface area (Å²) in [6, 6.07) is 8.34. The molecule has 1 unspecified atom stereocenters. The summed E-state index contributed by atoms with van der Waals surface area (Å²) in [5.41, 5.74) is 1.85. The van der Waals surface area contributed by atoms with Gasteiger partial charge in [0.05, 0.1) is 15.9 Å². The molecule has 0 amide bonds. The van der Waals surface area contributed by atoms with Crippen molar-refractivity contribution in [2.24, 2.45) is 0 Å². The summed E-state index contributed by atoms with van der Waals surface area (Å²) in [4.78, 5) is 13.9. The van der Waals surface area contributed by atoms with Gasteiger partial charge in [-0.25, -0.2) is 0 Å². The lowest BCUT2D eigenvalue weighted by atomic mass is 10.00. The summed E-state index contributed by atoms with van der Waals surface area (Å²) >= 11 is 3.48. The molecule has 1 aliphatic rings. The number of nitrogens with one attached hydrogen (secondary N) is 1. The van der Waals surface area contributed by atoms with Crippen LogP contribution in [-0.2, 0) is 4.79 Å². The van der Waals surface area contributed by atoms with Crippen LogP contribution in [0.25, 0.3) is 5.57 Å². The van der Waals surface area contributed by atoms with E-state index in [1.54, 1.807) is 11.8 Å². The van der Waals surface area contributed by atoms with Crippen LogP contribution in [0.1, 0.15) is 31.7 Å². The smallest absolute Gasteiger partial charge is 0.179 e. The molecule has 0 spiro atoms. The van der Waals surface area contributed by atoms with E-state index in [9.17, 15) is 4.79 Å². The van der Waals surface area contributed by atoms with Gasteiger partial charge < -0.3 is 5.32 Å². The molecule has 0 aliphatic carbocycles. The summed E-state index contributed by atoms with van der Waals surface area (Å²) < 4.78 is 0. The van der Waals surface area contributed by atoms with E-state index in [0.717, 1.165) is 21.9 Å². The molecule has 1 aromatic carbocycles. The largest absolute Gasteiger partial charge is 0.382 e. The van der Waals surface area contributed by atoms with Gasteiger partial charge in [0, 0.05) is 11.9 Å². The van der Waals surface area contributed by atoms with Crippen molar-refractivity contribution < 1.29 is 4.79 Å². The molecule has 0 saturated heterocycles. The summed E-state index contributed by atoms with van der Waals surface area (Å²) in [5.74, 6) is 1.34. The Bertz CT molecular complexity index is 580. The second kappa shape index (κ2) is 8.49. The Hall–Kier alpha value is -1.13. The molecule has 2 nitrogen and oxygen atoms in total. The van der Waals surface area contributed by atoms with Gasteiger partial charge in [-0.3, -0.25) is 4.79 Å². The van der Waals surface area contributed by atoms with Crippen LogP contribution >= 0.6 is 23.5 Å². The number of benzene rings is 1. The van der Waals surface area contributed by atoms with Crippen molar-refractivity contribution in [2.45, 2.75) is 36.3 Å². The van der Waals surface area contributed by atoms with Crippen molar-refractivity contribution in [3.05, 3.63) is 47.5 Å². The molecule has 1 atom stereocenters. The van der Waals surface area contributed by atoms with E-state index in [1.165, 1.54) is 17.7 Å². The van der Waals surface area contributed by atoms with Crippen LogP contribution in [0, 0.1) is 0 Å². The van der Waals surface area contributed by atoms with E-state index in [4.69, 9.17) is 0 Å². The third-order valence-corrected chi connectivity index (χ3v) is 5.94. The highest BCUT2D eigenvalue weighted by Gasteiger charge is 2.33. The van der Waals surface area contributed by atoms with Crippen LogP contribution < -0.4 is 5.32 Å². The number of Topliss-reactive ketones (excluding diaryl/α,β-unsaturated/α-hetero) is 1. The van der Waals surface area contributed by atoms with Crippen LogP contribution in [0.15, 0.2) is 46.8 Å². The van der Waals surface area contributed by atoms with Gasteiger partial charge >= 0.3 is 0 Å². The number of hydrogen-bond acceptors (Lipinski definition) is 4. The molecule has 0 radical (unpaired) electrons. The van der Waals surface area contributed by atoms with Gasteiger partial charge in [-0.05, 0) is 36.3 Å². The second-order valence-electron chi connectivity index (χ2n) is 5.18. The first-order valence-corrected chi connectivity index (χ1v) is 9.54. The second-order valence-corrected chi connectivity index (χ2v) is 7.56. The van der Waals surface area contributed by atoms with E-state index >= 15 is 0 Å². The highest BCUT2D eigenvalue weighted by atomic mass is 32.2. The predicted molar refractivity (Wildman–Crippen MR) is 99.3 cm³/mol. The SMILES string of the molecule is C=CCC1SC(NC)=C(c2cccc(SCCCC)c2)C1=O. The monoisotopic (exact) mass is 333 g/mol. The number of ketones is 1. The number of carbonyl (C=O) groups excluding carboxylic acids is 1. The fraction of sp³-hybridized carbons (Fsp3) is 0.389. The number of rotatable bonds is 8. The number of thioether (sulfide) groups is 2. The van der Waals surface area contributed by atoms with Crippen molar-refractivity contribution in [3.63, 3.8) is 0 Å². The summed E-state index contributed by atoms with van der Waals surface area (Å²) in [6.07, 6.45) is 4.96. The van der Waals surface area contributed by atoms with Gasteiger partial charge in [-0.1, -0.05) is 43.3 Å². The molecule has 0 bridgehead atoms. The maximum absolute atomic E-state index is 12.7. The molecule has 1 N–H and O–H groups in total. The highest BCUT2D eigenvalue weighted by molar-refractivity contribution is 8.05. The molecule has 0 saturated carbocycles. The predicted octanol–water partition coefficient (Wildman–Crippen LogP) is 4.73. The maximum Gasteiger partial charge on any atom is 0.179 e. The quantitative estimate of drug-likeness (QED) is 0.423. The molecule has 22 heavy (non-hydrogen) atoms. The van der Waals surface area contributed by atoms with E-state index in [0.29, 0.717) is 6.42 Å². The molecular formula is C18H23NOS2. The fourth-order valence-electron chi connectivity index (χ4n) is 2.37. The van der Waals surface area contributed by atoms with Crippen molar-refractivity contribution in [3.8, 4) is 0 Å². The molecule has 4 heteroatoms. The Balaban J connectivity index is 2.23. The lowest BCUT2D eigenvalue weighted by molar-refractivity contribution is -0.113. The minimum atomic E-state index is -0.0358. The summed E-state index contributed by atoms with van der Waals surface area (Å²) in [5, 5.41) is 4.13. The minimum absolute atomic E-state index is 0.0358. The zero-order valence-corrected chi connectivity index (χ0v) is 14.9. The first kappa shape index (κ1) is 17.2. The number of allylic oxidation sites excluding steroid dienone is 2. The standard InChI is InChI=1S/C18H23NOS2/c1-4-6-11-21-14-10-7-9-13(12-14)16-17(20)15(8-5-2)22-18(16)19-3/h5,7,9-10,12,15,19H,2,4,6,8,11H2,1,3H3. The van der Waals surface area contributed by atoms with E-state index in [1.807, 2.05) is 37.0 Å². The number of unbranched alkanes of at least 4 members (excludes halogenated alkanes) is 1.